The fourth-order valence-corrected chi connectivity index (χ4v) is 3.24. The van der Waals surface area contributed by atoms with E-state index in [1.165, 1.54) is 25.3 Å². The molecule has 1 heterocycles. The summed E-state index contributed by atoms with van der Waals surface area (Å²) in [5, 5.41) is 2.83. The molecule has 3 rings (SSSR count). The molecule has 0 atom stereocenters. The van der Waals surface area contributed by atoms with Crippen LogP contribution in [0.25, 0.3) is 0 Å². The van der Waals surface area contributed by atoms with Gasteiger partial charge in [0.1, 0.15) is 16.5 Å². The Morgan fingerprint density at radius 1 is 1.10 bits per heavy atom. The number of carbonyl (C=O) groups excluding carboxylic acids is 3. The van der Waals surface area contributed by atoms with Crippen molar-refractivity contribution in [3.8, 4) is 5.75 Å². The molecule has 2 aromatic rings. The lowest BCUT2D eigenvalue weighted by Gasteiger charge is -2.18. The van der Waals surface area contributed by atoms with Crippen LogP contribution in [-0.2, 0) is 14.3 Å². The number of halogens is 2. The Hall–Kier alpha value is -3.03. The maximum absolute atomic E-state index is 13.0. The minimum absolute atomic E-state index is 0.0780. The first-order chi connectivity index (χ1) is 13.9. The summed E-state index contributed by atoms with van der Waals surface area (Å²) in [5.41, 5.74) is 0.472. The molecule has 7 nitrogen and oxygen atoms in total. The summed E-state index contributed by atoms with van der Waals surface area (Å²) in [7, 11) is 1.48. The van der Waals surface area contributed by atoms with Crippen LogP contribution in [-0.4, -0.2) is 31.5 Å². The summed E-state index contributed by atoms with van der Waals surface area (Å²) >= 11 is 12.2. The maximum atomic E-state index is 13.0. The molecule has 9 heteroatoms. The predicted octanol–water partition coefficient (Wildman–Crippen LogP) is 3.96. The molecule has 1 N–H and O–H groups in total. The second-order valence-electron chi connectivity index (χ2n) is 5.85. The molecule has 0 fully saturated rings. The van der Waals surface area contributed by atoms with Gasteiger partial charge in [0, 0.05) is 5.69 Å². The summed E-state index contributed by atoms with van der Waals surface area (Å²) in [6.07, 6.45) is 0. The van der Waals surface area contributed by atoms with E-state index < -0.39 is 17.8 Å². The van der Waals surface area contributed by atoms with Crippen LogP contribution in [0.3, 0.4) is 0 Å². The van der Waals surface area contributed by atoms with Gasteiger partial charge in [0.05, 0.1) is 30.0 Å². The first kappa shape index (κ1) is 20.7. The van der Waals surface area contributed by atoms with Crippen molar-refractivity contribution in [3.05, 3.63) is 63.8 Å². The van der Waals surface area contributed by atoms with Crippen LogP contribution in [0, 0.1) is 0 Å². The molecule has 0 aliphatic carbocycles. The number of methoxy groups -OCH3 is 1. The molecule has 0 radical (unpaired) electrons. The van der Waals surface area contributed by atoms with E-state index in [1.807, 2.05) is 0 Å². The van der Waals surface area contributed by atoms with Gasteiger partial charge in [-0.1, -0.05) is 35.3 Å². The molecule has 1 aliphatic heterocycles. The number of anilines is 2. The fraction of sp³-hybridized carbons (Fsp3) is 0.150. The number of nitrogens with zero attached hydrogens (tertiary/aromatic N) is 1. The number of nitrogens with one attached hydrogen (secondary N) is 1. The number of esters is 1. The van der Waals surface area contributed by atoms with Crippen molar-refractivity contribution in [2.45, 2.75) is 6.92 Å². The van der Waals surface area contributed by atoms with E-state index in [1.54, 1.807) is 31.2 Å². The number of imide groups is 1. The van der Waals surface area contributed by atoms with Gasteiger partial charge in [0.15, 0.2) is 0 Å². The molecule has 150 valence electrons. The number of rotatable bonds is 6. The molecule has 29 heavy (non-hydrogen) atoms. The monoisotopic (exact) mass is 434 g/mol. The molecule has 1 aliphatic rings. The van der Waals surface area contributed by atoms with Crippen molar-refractivity contribution in [2.75, 3.05) is 23.9 Å². The second-order valence-corrected chi connectivity index (χ2v) is 6.63. The van der Waals surface area contributed by atoms with Gasteiger partial charge >= 0.3 is 5.97 Å². The highest BCUT2D eigenvalue weighted by atomic mass is 35.5. The quantitative estimate of drug-likeness (QED) is 0.546. The van der Waals surface area contributed by atoms with Crippen LogP contribution in [0.5, 0.6) is 5.75 Å². The molecule has 0 bridgehead atoms. The van der Waals surface area contributed by atoms with Crippen molar-refractivity contribution in [2.24, 2.45) is 0 Å². The number of hydrogen-bond acceptors (Lipinski definition) is 6. The maximum Gasteiger partial charge on any atom is 0.340 e. The van der Waals surface area contributed by atoms with Crippen LogP contribution in [0.4, 0.5) is 11.4 Å². The smallest absolute Gasteiger partial charge is 0.340 e. The van der Waals surface area contributed by atoms with Crippen LogP contribution < -0.4 is 15.0 Å². The molecule has 0 unspecified atom stereocenters. The molecule has 0 saturated carbocycles. The van der Waals surface area contributed by atoms with E-state index in [0.717, 1.165) is 4.90 Å². The van der Waals surface area contributed by atoms with E-state index >= 15 is 0 Å². The number of ether oxygens (including phenoxy) is 2. The van der Waals surface area contributed by atoms with Crippen molar-refractivity contribution < 1.29 is 23.9 Å². The van der Waals surface area contributed by atoms with E-state index in [9.17, 15) is 14.4 Å². The van der Waals surface area contributed by atoms with Crippen LogP contribution in [0.15, 0.2) is 53.2 Å². The highest BCUT2D eigenvalue weighted by Crippen LogP contribution is 2.34. The van der Waals surface area contributed by atoms with Crippen molar-refractivity contribution in [3.63, 3.8) is 0 Å². The molecular weight excluding hydrogens is 419 g/mol. The van der Waals surface area contributed by atoms with Crippen molar-refractivity contribution >= 4 is 52.4 Å². The molecule has 0 saturated heterocycles. The Labute approximate surface area is 176 Å². The lowest BCUT2D eigenvalue weighted by Crippen LogP contribution is -2.33. The molecule has 0 aromatic heterocycles. The Morgan fingerprint density at radius 3 is 2.48 bits per heavy atom. The van der Waals surface area contributed by atoms with Crippen LogP contribution in [0.1, 0.15) is 17.3 Å². The molecule has 2 aromatic carbocycles. The number of amides is 2. The fourth-order valence-electron chi connectivity index (χ4n) is 2.77. The van der Waals surface area contributed by atoms with Gasteiger partial charge in [-0.15, -0.1) is 0 Å². The largest absolute Gasteiger partial charge is 0.495 e. The van der Waals surface area contributed by atoms with Gasteiger partial charge in [-0.05, 0) is 37.3 Å². The zero-order chi connectivity index (χ0) is 21.1. The number of benzene rings is 2. The zero-order valence-electron chi connectivity index (χ0n) is 15.5. The van der Waals surface area contributed by atoms with E-state index in [4.69, 9.17) is 32.7 Å². The van der Waals surface area contributed by atoms with Gasteiger partial charge in [0.25, 0.3) is 11.8 Å². The normalized spacial score (nSPS) is 13.7. The average Bonchev–Trinajstić information content (AvgIpc) is 2.91. The summed E-state index contributed by atoms with van der Waals surface area (Å²) in [6, 6.07) is 10.9. The summed E-state index contributed by atoms with van der Waals surface area (Å²) in [6.45, 7) is 1.81. The number of hydrogen-bond donors (Lipinski definition) is 1. The topological polar surface area (TPSA) is 84.9 Å². The summed E-state index contributed by atoms with van der Waals surface area (Å²) in [5.74, 6) is -1.65. The van der Waals surface area contributed by atoms with E-state index in [0.29, 0.717) is 16.5 Å². The van der Waals surface area contributed by atoms with Crippen molar-refractivity contribution in [1.29, 1.82) is 0 Å². The summed E-state index contributed by atoms with van der Waals surface area (Å²) < 4.78 is 10.1. The number of carbonyl (C=O) groups is 3. The number of para-hydroxylation sites is 1. The third-order valence-corrected chi connectivity index (χ3v) is 4.73. The Kier molecular flexibility index (Phi) is 6.10. The Bertz CT molecular complexity index is 1040. The van der Waals surface area contributed by atoms with Gasteiger partial charge in [-0.25, -0.2) is 9.69 Å². The van der Waals surface area contributed by atoms with Crippen LogP contribution in [0.2, 0.25) is 5.02 Å². The van der Waals surface area contributed by atoms with Gasteiger partial charge in [-0.2, -0.15) is 0 Å². The lowest BCUT2D eigenvalue weighted by atomic mass is 10.1. The highest BCUT2D eigenvalue weighted by molar-refractivity contribution is 6.53. The highest BCUT2D eigenvalue weighted by Gasteiger charge is 2.40. The minimum Gasteiger partial charge on any atom is -0.495 e. The first-order valence-corrected chi connectivity index (χ1v) is 9.29. The Morgan fingerprint density at radius 2 is 1.83 bits per heavy atom. The second kappa shape index (κ2) is 8.55. The minimum atomic E-state index is -0.754. The third-order valence-electron chi connectivity index (χ3n) is 4.09. The van der Waals surface area contributed by atoms with Gasteiger partial charge in [-0.3, -0.25) is 9.59 Å². The first-order valence-electron chi connectivity index (χ1n) is 8.54. The Balaban J connectivity index is 1.94. The molecular formula is C20H16Cl2N2O5. The van der Waals surface area contributed by atoms with Crippen LogP contribution >= 0.6 is 23.2 Å². The lowest BCUT2D eigenvalue weighted by molar-refractivity contribution is -0.120. The summed E-state index contributed by atoms with van der Waals surface area (Å²) in [4.78, 5) is 38.7. The zero-order valence-corrected chi connectivity index (χ0v) is 17.0. The van der Waals surface area contributed by atoms with Crippen molar-refractivity contribution in [1.82, 2.24) is 0 Å². The van der Waals surface area contributed by atoms with Gasteiger partial charge < -0.3 is 14.8 Å². The van der Waals surface area contributed by atoms with E-state index in [-0.39, 0.29) is 28.6 Å². The van der Waals surface area contributed by atoms with Gasteiger partial charge in [0.2, 0.25) is 0 Å². The SMILES string of the molecule is CCOC(=O)c1ccccc1N1C(=O)C(Cl)=C(Nc2ccc(OC)c(Cl)c2)C1=O. The standard InChI is InChI=1S/C20H16Cl2N2O5/c1-3-29-20(27)12-6-4-5-7-14(12)24-18(25)16(22)17(19(24)26)23-11-8-9-15(28-2)13(21)10-11/h4-10,23H,3H2,1-2H3. The average molecular weight is 435 g/mol. The van der Waals surface area contributed by atoms with E-state index in [2.05, 4.69) is 5.32 Å². The predicted molar refractivity (Wildman–Crippen MR) is 109 cm³/mol. The molecule has 2 amide bonds. The molecule has 0 spiro atoms. The third kappa shape index (κ3) is 3.92.